The van der Waals surface area contributed by atoms with E-state index in [1.165, 1.54) is 5.57 Å². The van der Waals surface area contributed by atoms with E-state index in [-0.39, 0.29) is 0 Å². The quantitative estimate of drug-likeness (QED) is 0.486. The lowest BCUT2D eigenvalue weighted by atomic mass is 9.87. The van der Waals surface area contributed by atoms with E-state index >= 15 is 0 Å². The number of hydrogen-bond donors (Lipinski definition) is 0. The Hall–Kier alpha value is -0.520. The molecule has 0 aromatic heterocycles. The molecule has 0 saturated carbocycles. The van der Waals surface area contributed by atoms with Gasteiger partial charge in [-0.2, -0.15) is 0 Å². The smallest absolute Gasteiger partial charge is 0.0173 e. The Morgan fingerprint density at radius 3 is 2.00 bits per heavy atom. The van der Waals surface area contributed by atoms with Crippen LogP contribution in [-0.2, 0) is 0 Å². The summed E-state index contributed by atoms with van der Waals surface area (Å²) in [5.74, 6) is 0. The first kappa shape index (κ1) is 9.48. The van der Waals surface area contributed by atoms with Gasteiger partial charge >= 0.3 is 0 Å². The maximum Gasteiger partial charge on any atom is -0.0173 e. The Bertz CT molecular complexity index is 142. The van der Waals surface area contributed by atoms with E-state index in [4.69, 9.17) is 0 Å². The second kappa shape index (κ2) is 3.60. The Morgan fingerprint density at radius 2 is 1.70 bits per heavy atom. The SMILES string of the molecule is CC=CC=C(C)C(C)(C)C. The Balaban J connectivity index is 4.20. The molecular weight excluding hydrogens is 120 g/mol. The molecule has 0 nitrogen and oxygen atoms in total. The summed E-state index contributed by atoms with van der Waals surface area (Å²) in [6.07, 6.45) is 6.30. The Kier molecular flexibility index (Phi) is 3.41. The lowest BCUT2D eigenvalue weighted by Crippen LogP contribution is -2.05. The van der Waals surface area contributed by atoms with Gasteiger partial charge in [-0.05, 0) is 19.3 Å². The molecule has 0 radical (unpaired) electrons. The average molecular weight is 138 g/mol. The van der Waals surface area contributed by atoms with Crippen molar-refractivity contribution in [2.24, 2.45) is 5.41 Å². The summed E-state index contributed by atoms with van der Waals surface area (Å²) >= 11 is 0. The molecule has 0 unspecified atom stereocenters. The molecule has 0 aliphatic heterocycles. The Morgan fingerprint density at radius 1 is 1.20 bits per heavy atom. The van der Waals surface area contributed by atoms with Gasteiger partial charge in [-0.1, -0.05) is 44.6 Å². The summed E-state index contributed by atoms with van der Waals surface area (Å²) in [6, 6.07) is 0. The highest BCUT2D eigenvalue weighted by atomic mass is 14.2. The van der Waals surface area contributed by atoms with E-state index in [9.17, 15) is 0 Å². The van der Waals surface area contributed by atoms with Gasteiger partial charge in [-0.25, -0.2) is 0 Å². The zero-order chi connectivity index (χ0) is 8.20. The minimum atomic E-state index is 0.319. The summed E-state index contributed by atoms with van der Waals surface area (Å²) in [6.45, 7) is 10.9. The fourth-order valence-electron chi connectivity index (χ4n) is 0.491. The van der Waals surface area contributed by atoms with Gasteiger partial charge in [-0.3, -0.25) is 0 Å². The van der Waals surface area contributed by atoms with Crippen LogP contribution in [0.4, 0.5) is 0 Å². The van der Waals surface area contributed by atoms with E-state index in [0.717, 1.165) is 0 Å². The molecule has 0 amide bonds. The van der Waals surface area contributed by atoms with Gasteiger partial charge in [0.25, 0.3) is 0 Å². The first-order valence-electron chi connectivity index (χ1n) is 3.78. The Labute approximate surface area is 64.6 Å². The van der Waals surface area contributed by atoms with Gasteiger partial charge in [0, 0.05) is 0 Å². The molecule has 0 aliphatic carbocycles. The summed E-state index contributed by atoms with van der Waals surface area (Å²) in [4.78, 5) is 0. The van der Waals surface area contributed by atoms with Crippen molar-refractivity contribution < 1.29 is 0 Å². The van der Waals surface area contributed by atoms with Crippen LogP contribution in [-0.4, -0.2) is 0 Å². The van der Waals surface area contributed by atoms with Crippen molar-refractivity contribution in [2.45, 2.75) is 34.6 Å². The normalized spacial score (nSPS) is 14.7. The topological polar surface area (TPSA) is 0 Å². The highest BCUT2D eigenvalue weighted by Crippen LogP contribution is 2.23. The first-order chi connectivity index (χ1) is 4.48. The van der Waals surface area contributed by atoms with Crippen LogP contribution < -0.4 is 0 Å². The van der Waals surface area contributed by atoms with Crippen molar-refractivity contribution in [2.75, 3.05) is 0 Å². The monoisotopic (exact) mass is 138 g/mol. The first-order valence-corrected chi connectivity index (χ1v) is 3.78. The number of rotatable bonds is 1. The van der Waals surface area contributed by atoms with Crippen LogP contribution in [0.1, 0.15) is 34.6 Å². The highest BCUT2D eigenvalue weighted by Gasteiger charge is 2.10. The van der Waals surface area contributed by atoms with Gasteiger partial charge in [-0.15, -0.1) is 0 Å². The molecule has 0 heteroatoms. The molecule has 0 spiro atoms. The van der Waals surface area contributed by atoms with Gasteiger partial charge in [0.15, 0.2) is 0 Å². The molecule has 0 rings (SSSR count). The van der Waals surface area contributed by atoms with Crippen LogP contribution in [0.25, 0.3) is 0 Å². The van der Waals surface area contributed by atoms with Crippen LogP contribution in [0.2, 0.25) is 0 Å². The van der Waals surface area contributed by atoms with Crippen LogP contribution in [0.15, 0.2) is 23.8 Å². The zero-order valence-electron chi connectivity index (χ0n) is 7.73. The van der Waals surface area contributed by atoms with E-state index in [0.29, 0.717) is 5.41 Å². The molecule has 0 aromatic rings. The second-order valence-electron chi connectivity index (χ2n) is 3.63. The lowest BCUT2D eigenvalue weighted by molar-refractivity contribution is 0.504. The van der Waals surface area contributed by atoms with Gasteiger partial charge in [0.1, 0.15) is 0 Å². The minimum absolute atomic E-state index is 0.319. The fraction of sp³-hybridized carbons (Fsp3) is 0.600. The summed E-state index contributed by atoms with van der Waals surface area (Å²) in [5.41, 5.74) is 1.74. The van der Waals surface area contributed by atoms with E-state index in [1.54, 1.807) is 0 Å². The lowest BCUT2D eigenvalue weighted by Gasteiger charge is -2.18. The van der Waals surface area contributed by atoms with Crippen molar-refractivity contribution in [3.8, 4) is 0 Å². The van der Waals surface area contributed by atoms with Gasteiger partial charge in [0.05, 0.1) is 0 Å². The molecule has 0 atom stereocenters. The third kappa shape index (κ3) is 3.49. The van der Waals surface area contributed by atoms with Crippen molar-refractivity contribution in [1.29, 1.82) is 0 Å². The standard InChI is InChI=1S/C10H18/c1-6-7-8-9(2)10(3,4)5/h6-8H,1-5H3. The van der Waals surface area contributed by atoms with Crippen LogP contribution in [0, 0.1) is 5.41 Å². The van der Waals surface area contributed by atoms with E-state index in [2.05, 4.69) is 45.9 Å². The van der Waals surface area contributed by atoms with Crippen LogP contribution >= 0.6 is 0 Å². The zero-order valence-corrected chi connectivity index (χ0v) is 7.73. The largest absolute Gasteiger partial charge is 0.0877 e. The average Bonchev–Trinajstić information content (AvgIpc) is 1.80. The van der Waals surface area contributed by atoms with Gasteiger partial charge in [0.2, 0.25) is 0 Å². The molecular formula is C10H18. The molecule has 10 heavy (non-hydrogen) atoms. The minimum Gasteiger partial charge on any atom is -0.0877 e. The number of hydrogen-bond acceptors (Lipinski definition) is 0. The molecule has 58 valence electrons. The van der Waals surface area contributed by atoms with Crippen molar-refractivity contribution in [3.63, 3.8) is 0 Å². The van der Waals surface area contributed by atoms with Crippen molar-refractivity contribution in [1.82, 2.24) is 0 Å². The maximum absolute atomic E-state index is 2.22. The highest BCUT2D eigenvalue weighted by molar-refractivity contribution is 5.15. The van der Waals surface area contributed by atoms with Crippen LogP contribution in [0.3, 0.4) is 0 Å². The predicted octanol–water partition coefficient (Wildman–Crippen LogP) is 3.55. The van der Waals surface area contributed by atoms with E-state index in [1.807, 2.05) is 6.92 Å². The van der Waals surface area contributed by atoms with Crippen LogP contribution in [0.5, 0.6) is 0 Å². The van der Waals surface area contributed by atoms with Gasteiger partial charge < -0.3 is 0 Å². The number of allylic oxidation sites excluding steroid dienone is 4. The van der Waals surface area contributed by atoms with Crippen molar-refractivity contribution >= 4 is 0 Å². The molecule has 0 heterocycles. The summed E-state index contributed by atoms with van der Waals surface area (Å²) in [5, 5.41) is 0. The fourth-order valence-corrected chi connectivity index (χ4v) is 0.491. The molecule has 0 aromatic carbocycles. The second-order valence-corrected chi connectivity index (χ2v) is 3.63. The molecule has 0 N–H and O–H groups in total. The van der Waals surface area contributed by atoms with Crippen molar-refractivity contribution in [3.05, 3.63) is 23.8 Å². The molecule has 0 fully saturated rings. The molecule has 0 saturated heterocycles. The third-order valence-corrected chi connectivity index (χ3v) is 1.72. The molecule has 0 aliphatic rings. The predicted molar refractivity (Wildman–Crippen MR) is 48.0 cm³/mol. The molecule has 0 bridgehead atoms. The summed E-state index contributed by atoms with van der Waals surface area (Å²) in [7, 11) is 0. The third-order valence-electron chi connectivity index (χ3n) is 1.72. The summed E-state index contributed by atoms with van der Waals surface area (Å²) < 4.78 is 0. The maximum atomic E-state index is 2.22. The van der Waals surface area contributed by atoms with E-state index < -0.39 is 0 Å².